The SMILES string of the molecule is CCC1CC(C(=O)N(C=O)CCOC)CO1. The maximum atomic E-state index is 11.9. The highest BCUT2D eigenvalue weighted by molar-refractivity contribution is 5.88. The lowest BCUT2D eigenvalue weighted by Gasteiger charge is -2.18. The van der Waals surface area contributed by atoms with Crippen molar-refractivity contribution in [3.63, 3.8) is 0 Å². The number of methoxy groups -OCH3 is 1. The molecule has 0 aromatic heterocycles. The van der Waals surface area contributed by atoms with Crippen molar-refractivity contribution in [2.45, 2.75) is 25.9 Å². The van der Waals surface area contributed by atoms with Gasteiger partial charge in [0.05, 0.1) is 31.8 Å². The lowest BCUT2D eigenvalue weighted by molar-refractivity contribution is -0.142. The molecule has 0 N–H and O–H groups in total. The summed E-state index contributed by atoms with van der Waals surface area (Å²) in [7, 11) is 1.54. The second kappa shape index (κ2) is 6.60. The molecule has 1 saturated heterocycles. The van der Waals surface area contributed by atoms with Crippen LogP contribution in [0.3, 0.4) is 0 Å². The van der Waals surface area contributed by atoms with Gasteiger partial charge in [-0.2, -0.15) is 0 Å². The van der Waals surface area contributed by atoms with E-state index in [9.17, 15) is 9.59 Å². The fourth-order valence-electron chi connectivity index (χ4n) is 1.80. The topological polar surface area (TPSA) is 55.8 Å². The van der Waals surface area contributed by atoms with Crippen LogP contribution in [-0.4, -0.2) is 50.2 Å². The zero-order valence-electron chi connectivity index (χ0n) is 9.85. The Kier molecular flexibility index (Phi) is 5.42. The van der Waals surface area contributed by atoms with Crippen LogP contribution in [0.2, 0.25) is 0 Å². The zero-order valence-corrected chi connectivity index (χ0v) is 9.85. The van der Waals surface area contributed by atoms with Crippen LogP contribution >= 0.6 is 0 Å². The van der Waals surface area contributed by atoms with Crippen LogP contribution in [0.5, 0.6) is 0 Å². The van der Waals surface area contributed by atoms with Crippen molar-refractivity contribution in [2.75, 3.05) is 26.9 Å². The van der Waals surface area contributed by atoms with Gasteiger partial charge < -0.3 is 9.47 Å². The Morgan fingerprint density at radius 3 is 2.88 bits per heavy atom. The standard InChI is InChI=1S/C11H19NO4/c1-3-10-6-9(7-16-10)11(14)12(8-13)4-5-15-2/h8-10H,3-7H2,1-2H3. The Morgan fingerprint density at radius 1 is 1.62 bits per heavy atom. The quantitative estimate of drug-likeness (QED) is 0.620. The first-order valence-corrected chi connectivity index (χ1v) is 5.59. The van der Waals surface area contributed by atoms with E-state index in [0.29, 0.717) is 32.6 Å². The largest absolute Gasteiger partial charge is 0.383 e. The maximum Gasteiger partial charge on any atom is 0.234 e. The van der Waals surface area contributed by atoms with Crippen molar-refractivity contribution >= 4 is 12.3 Å². The first-order valence-electron chi connectivity index (χ1n) is 5.59. The van der Waals surface area contributed by atoms with Crippen molar-refractivity contribution in [1.82, 2.24) is 4.90 Å². The molecule has 0 aromatic carbocycles. The van der Waals surface area contributed by atoms with Crippen LogP contribution in [0.1, 0.15) is 19.8 Å². The molecule has 1 rings (SSSR count). The number of rotatable bonds is 6. The molecule has 1 aliphatic heterocycles. The van der Waals surface area contributed by atoms with Gasteiger partial charge in [-0.3, -0.25) is 14.5 Å². The molecule has 0 aromatic rings. The summed E-state index contributed by atoms with van der Waals surface area (Å²) in [6, 6.07) is 0. The van der Waals surface area contributed by atoms with E-state index in [4.69, 9.17) is 9.47 Å². The highest BCUT2D eigenvalue weighted by atomic mass is 16.5. The van der Waals surface area contributed by atoms with Gasteiger partial charge in [0.2, 0.25) is 12.3 Å². The van der Waals surface area contributed by atoms with Crippen molar-refractivity contribution in [3.05, 3.63) is 0 Å². The maximum absolute atomic E-state index is 11.9. The van der Waals surface area contributed by atoms with E-state index < -0.39 is 0 Å². The van der Waals surface area contributed by atoms with E-state index in [2.05, 4.69) is 0 Å². The molecule has 1 aliphatic rings. The summed E-state index contributed by atoms with van der Waals surface area (Å²) in [5, 5.41) is 0. The molecule has 0 spiro atoms. The van der Waals surface area contributed by atoms with E-state index in [1.807, 2.05) is 6.92 Å². The lowest BCUT2D eigenvalue weighted by atomic mass is 10.0. The number of nitrogens with zero attached hydrogens (tertiary/aromatic N) is 1. The second-order valence-corrected chi connectivity index (χ2v) is 3.93. The van der Waals surface area contributed by atoms with Crippen LogP contribution in [0.15, 0.2) is 0 Å². The number of amides is 2. The Hall–Kier alpha value is -0.940. The van der Waals surface area contributed by atoms with Gasteiger partial charge in [-0.25, -0.2) is 0 Å². The third kappa shape index (κ3) is 3.28. The molecule has 5 nitrogen and oxygen atoms in total. The molecule has 2 atom stereocenters. The van der Waals surface area contributed by atoms with Crippen LogP contribution in [0.25, 0.3) is 0 Å². The summed E-state index contributed by atoms with van der Waals surface area (Å²) in [5.74, 6) is -0.324. The molecule has 0 aliphatic carbocycles. The van der Waals surface area contributed by atoms with Crippen molar-refractivity contribution in [2.24, 2.45) is 5.92 Å². The summed E-state index contributed by atoms with van der Waals surface area (Å²) in [6.07, 6.45) is 2.35. The first-order chi connectivity index (χ1) is 7.72. The van der Waals surface area contributed by atoms with Gasteiger partial charge >= 0.3 is 0 Å². The number of hydrogen-bond acceptors (Lipinski definition) is 4. The fraction of sp³-hybridized carbons (Fsp3) is 0.818. The Bertz CT molecular complexity index is 244. The molecule has 16 heavy (non-hydrogen) atoms. The molecular formula is C11H19NO4. The molecule has 0 saturated carbocycles. The summed E-state index contributed by atoms with van der Waals surface area (Å²) in [5.41, 5.74) is 0. The average molecular weight is 229 g/mol. The summed E-state index contributed by atoms with van der Waals surface area (Å²) in [4.78, 5) is 23.8. The van der Waals surface area contributed by atoms with Crippen molar-refractivity contribution < 1.29 is 19.1 Å². The second-order valence-electron chi connectivity index (χ2n) is 3.93. The third-order valence-corrected chi connectivity index (χ3v) is 2.83. The third-order valence-electron chi connectivity index (χ3n) is 2.83. The minimum Gasteiger partial charge on any atom is -0.383 e. The number of imide groups is 1. The predicted molar refractivity (Wildman–Crippen MR) is 57.8 cm³/mol. The van der Waals surface area contributed by atoms with Gasteiger partial charge in [-0.05, 0) is 12.8 Å². The predicted octanol–water partition coefficient (Wildman–Crippen LogP) is 0.433. The van der Waals surface area contributed by atoms with Gasteiger partial charge in [0, 0.05) is 7.11 Å². The van der Waals surface area contributed by atoms with Gasteiger partial charge in [-0.15, -0.1) is 0 Å². The molecule has 1 fully saturated rings. The molecule has 2 amide bonds. The minimum atomic E-state index is -0.174. The van der Waals surface area contributed by atoms with Crippen LogP contribution in [0.4, 0.5) is 0 Å². The molecule has 0 bridgehead atoms. The molecule has 0 radical (unpaired) electrons. The van der Waals surface area contributed by atoms with Crippen LogP contribution < -0.4 is 0 Å². The Balaban J connectivity index is 2.45. The smallest absolute Gasteiger partial charge is 0.234 e. The molecule has 5 heteroatoms. The molecular weight excluding hydrogens is 210 g/mol. The highest BCUT2D eigenvalue weighted by Crippen LogP contribution is 2.23. The fourth-order valence-corrected chi connectivity index (χ4v) is 1.80. The van der Waals surface area contributed by atoms with Crippen molar-refractivity contribution in [1.29, 1.82) is 0 Å². The van der Waals surface area contributed by atoms with E-state index >= 15 is 0 Å². The minimum absolute atomic E-state index is 0.150. The van der Waals surface area contributed by atoms with E-state index in [1.165, 1.54) is 4.90 Å². The number of carbonyl (C=O) groups is 2. The van der Waals surface area contributed by atoms with Gasteiger partial charge in [0.25, 0.3) is 0 Å². The van der Waals surface area contributed by atoms with Gasteiger partial charge in [-0.1, -0.05) is 6.92 Å². The Labute approximate surface area is 95.7 Å². The summed E-state index contributed by atoms with van der Waals surface area (Å²) >= 11 is 0. The summed E-state index contributed by atoms with van der Waals surface area (Å²) < 4.78 is 10.3. The lowest BCUT2D eigenvalue weighted by Crippen LogP contribution is -2.37. The molecule has 92 valence electrons. The summed E-state index contributed by atoms with van der Waals surface area (Å²) in [6.45, 7) is 3.13. The van der Waals surface area contributed by atoms with Gasteiger partial charge in [0.1, 0.15) is 0 Å². The monoisotopic (exact) mass is 229 g/mol. The average Bonchev–Trinajstić information content (AvgIpc) is 2.78. The van der Waals surface area contributed by atoms with E-state index in [1.54, 1.807) is 7.11 Å². The zero-order chi connectivity index (χ0) is 12.0. The van der Waals surface area contributed by atoms with Crippen LogP contribution in [-0.2, 0) is 19.1 Å². The van der Waals surface area contributed by atoms with E-state index in [-0.39, 0.29) is 17.9 Å². The molecule has 2 unspecified atom stereocenters. The highest BCUT2D eigenvalue weighted by Gasteiger charge is 2.32. The number of carbonyl (C=O) groups excluding carboxylic acids is 2. The van der Waals surface area contributed by atoms with Crippen LogP contribution in [0, 0.1) is 5.92 Å². The number of ether oxygens (including phenoxy) is 2. The molecule has 1 heterocycles. The first kappa shape index (κ1) is 13.1. The van der Waals surface area contributed by atoms with Gasteiger partial charge in [0.15, 0.2) is 0 Å². The Morgan fingerprint density at radius 2 is 2.38 bits per heavy atom. The van der Waals surface area contributed by atoms with E-state index in [0.717, 1.165) is 6.42 Å². The number of hydrogen-bond donors (Lipinski definition) is 0. The normalized spacial score (nSPS) is 24.4. The van der Waals surface area contributed by atoms with Crippen molar-refractivity contribution in [3.8, 4) is 0 Å².